The summed E-state index contributed by atoms with van der Waals surface area (Å²) in [6.07, 6.45) is 2.15. The summed E-state index contributed by atoms with van der Waals surface area (Å²) in [6, 6.07) is 12.2. The molecule has 0 fully saturated rings. The fourth-order valence-electron chi connectivity index (χ4n) is 2.56. The van der Waals surface area contributed by atoms with E-state index in [9.17, 15) is 18.5 Å². The third kappa shape index (κ3) is 3.32. The first-order valence-corrected chi connectivity index (χ1v) is 9.15. The van der Waals surface area contributed by atoms with Crippen LogP contribution in [0.15, 0.2) is 63.3 Å². The van der Waals surface area contributed by atoms with Crippen molar-refractivity contribution in [2.24, 2.45) is 0 Å². The average Bonchev–Trinajstić information content (AvgIpc) is 2.98. The number of hydrogen-bond donors (Lipinski definition) is 0. The standard InChI is InChI=1S/C18H15NO5S/c1-2-17-16(15-5-3-4-6-18(15)24-17)11-12-25(22,23)14-9-7-13(8-10-14)19(20)21/h3-12H,2H2,1H3/b12-11+. The molecule has 0 radical (unpaired) electrons. The van der Waals surface area contributed by atoms with Gasteiger partial charge < -0.3 is 4.42 Å². The first-order valence-electron chi connectivity index (χ1n) is 7.60. The normalized spacial score (nSPS) is 12.0. The van der Waals surface area contributed by atoms with Crippen LogP contribution < -0.4 is 0 Å². The smallest absolute Gasteiger partial charge is 0.269 e. The largest absolute Gasteiger partial charge is 0.460 e. The molecule has 0 aliphatic carbocycles. The quantitative estimate of drug-likeness (QED) is 0.500. The highest BCUT2D eigenvalue weighted by Crippen LogP contribution is 2.28. The zero-order valence-electron chi connectivity index (χ0n) is 13.4. The molecule has 2 aromatic carbocycles. The van der Waals surface area contributed by atoms with Gasteiger partial charge in [0.15, 0.2) is 9.84 Å². The molecule has 0 spiro atoms. The summed E-state index contributed by atoms with van der Waals surface area (Å²) in [6.45, 7) is 1.93. The number of furan rings is 1. The number of aryl methyl sites for hydroxylation is 1. The van der Waals surface area contributed by atoms with E-state index in [1.165, 1.54) is 30.3 Å². The Labute approximate surface area is 144 Å². The molecule has 7 heteroatoms. The summed E-state index contributed by atoms with van der Waals surface area (Å²) < 4.78 is 30.7. The molecule has 3 aromatic rings. The zero-order valence-corrected chi connectivity index (χ0v) is 14.2. The molecule has 1 aromatic heterocycles. The van der Waals surface area contributed by atoms with E-state index < -0.39 is 14.8 Å². The molecule has 0 bridgehead atoms. The molecule has 0 unspecified atom stereocenters. The van der Waals surface area contributed by atoms with Crippen molar-refractivity contribution in [2.75, 3.05) is 0 Å². The van der Waals surface area contributed by atoms with E-state index in [2.05, 4.69) is 0 Å². The highest BCUT2D eigenvalue weighted by molar-refractivity contribution is 7.94. The number of rotatable bonds is 5. The van der Waals surface area contributed by atoms with E-state index in [0.717, 1.165) is 16.4 Å². The summed E-state index contributed by atoms with van der Waals surface area (Å²) in [4.78, 5) is 10.1. The van der Waals surface area contributed by atoms with E-state index in [0.29, 0.717) is 17.8 Å². The molecular weight excluding hydrogens is 342 g/mol. The summed E-state index contributed by atoms with van der Waals surface area (Å²) >= 11 is 0. The number of non-ortho nitro benzene ring substituents is 1. The minimum Gasteiger partial charge on any atom is -0.460 e. The lowest BCUT2D eigenvalue weighted by Gasteiger charge is -1.99. The van der Waals surface area contributed by atoms with Crippen molar-refractivity contribution in [1.29, 1.82) is 0 Å². The number of fused-ring (bicyclic) bond motifs is 1. The van der Waals surface area contributed by atoms with Crippen LogP contribution >= 0.6 is 0 Å². The van der Waals surface area contributed by atoms with Crippen molar-refractivity contribution in [3.63, 3.8) is 0 Å². The van der Waals surface area contributed by atoms with E-state index in [1.54, 1.807) is 0 Å². The van der Waals surface area contributed by atoms with Crippen LogP contribution in [0.3, 0.4) is 0 Å². The maximum Gasteiger partial charge on any atom is 0.269 e. The third-order valence-corrected chi connectivity index (χ3v) is 5.25. The number of nitro benzene ring substituents is 1. The van der Waals surface area contributed by atoms with Crippen LogP contribution in [0.2, 0.25) is 0 Å². The molecule has 0 aliphatic heterocycles. The summed E-state index contributed by atoms with van der Waals surface area (Å²) in [5.41, 5.74) is 1.27. The molecule has 1 heterocycles. The highest BCUT2D eigenvalue weighted by atomic mass is 32.2. The second kappa shape index (κ2) is 6.52. The van der Waals surface area contributed by atoms with Crippen molar-refractivity contribution >= 4 is 32.6 Å². The Bertz CT molecular complexity index is 1060. The second-order valence-electron chi connectivity index (χ2n) is 5.39. The average molecular weight is 357 g/mol. The Balaban J connectivity index is 1.99. The molecule has 0 saturated heterocycles. The molecule has 0 amide bonds. The van der Waals surface area contributed by atoms with Crippen LogP contribution in [0.5, 0.6) is 0 Å². The number of hydrogen-bond acceptors (Lipinski definition) is 5. The molecule has 0 N–H and O–H groups in total. The van der Waals surface area contributed by atoms with Gasteiger partial charge in [-0.15, -0.1) is 0 Å². The highest BCUT2D eigenvalue weighted by Gasteiger charge is 2.15. The Morgan fingerprint density at radius 2 is 1.80 bits per heavy atom. The fourth-order valence-corrected chi connectivity index (χ4v) is 3.54. The lowest BCUT2D eigenvalue weighted by atomic mass is 10.1. The zero-order chi connectivity index (χ0) is 18.0. The van der Waals surface area contributed by atoms with E-state index in [1.807, 2.05) is 31.2 Å². The first-order chi connectivity index (χ1) is 11.9. The van der Waals surface area contributed by atoms with Crippen LogP contribution in [0.1, 0.15) is 18.2 Å². The predicted molar refractivity (Wildman–Crippen MR) is 94.9 cm³/mol. The van der Waals surface area contributed by atoms with Gasteiger partial charge in [0.1, 0.15) is 11.3 Å². The molecule has 0 aliphatic rings. The van der Waals surface area contributed by atoms with Gasteiger partial charge in [0.05, 0.1) is 9.82 Å². The van der Waals surface area contributed by atoms with Crippen molar-refractivity contribution in [1.82, 2.24) is 0 Å². The van der Waals surface area contributed by atoms with Crippen molar-refractivity contribution in [2.45, 2.75) is 18.2 Å². The second-order valence-corrected chi connectivity index (χ2v) is 7.22. The third-order valence-electron chi connectivity index (χ3n) is 3.82. The van der Waals surface area contributed by atoms with Gasteiger partial charge in [0, 0.05) is 34.9 Å². The van der Waals surface area contributed by atoms with Gasteiger partial charge in [-0.25, -0.2) is 8.42 Å². The topological polar surface area (TPSA) is 90.4 Å². The van der Waals surface area contributed by atoms with Gasteiger partial charge in [0.25, 0.3) is 5.69 Å². The van der Waals surface area contributed by atoms with E-state index in [4.69, 9.17) is 4.42 Å². The van der Waals surface area contributed by atoms with Gasteiger partial charge in [-0.05, 0) is 24.3 Å². The summed E-state index contributed by atoms with van der Waals surface area (Å²) in [5.74, 6) is 0.705. The van der Waals surface area contributed by atoms with Gasteiger partial charge in [-0.3, -0.25) is 10.1 Å². The summed E-state index contributed by atoms with van der Waals surface area (Å²) in [7, 11) is -3.72. The lowest BCUT2D eigenvalue weighted by molar-refractivity contribution is -0.384. The molecular formula is C18H15NO5S. The summed E-state index contributed by atoms with van der Waals surface area (Å²) in [5, 5.41) is 12.6. The molecule has 0 saturated carbocycles. The first kappa shape index (κ1) is 16.9. The van der Waals surface area contributed by atoms with Crippen LogP contribution in [0, 0.1) is 10.1 Å². The Kier molecular flexibility index (Phi) is 4.41. The van der Waals surface area contributed by atoms with Crippen molar-refractivity contribution < 1.29 is 17.8 Å². The van der Waals surface area contributed by atoms with E-state index >= 15 is 0 Å². The maximum absolute atomic E-state index is 12.5. The molecule has 3 rings (SSSR count). The maximum atomic E-state index is 12.5. The van der Waals surface area contributed by atoms with Crippen molar-refractivity contribution in [3.05, 3.63) is 75.4 Å². The SMILES string of the molecule is CCc1oc2ccccc2c1/C=C/S(=O)(=O)c1ccc([N+](=O)[O-])cc1. The van der Waals surface area contributed by atoms with E-state index in [-0.39, 0.29) is 10.6 Å². The minimum absolute atomic E-state index is 0.000184. The molecule has 6 nitrogen and oxygen atoms in total. The van der Waals surface area contributed by atoms with Gasteiger partial charge >= 0.3 is 0 Å². The number of nitrogens with zero attached hydrogens (tertiary/aromatic N) is 1. The number of para-hydroxylation sites is 1. The minimum atomic E-state index is -3.72. The lowest BCUT2D eigenvalue weighted by Crippen LogP contribution is -1.97. The monoisotopic (exact) mass is 357 g/mol. The molecule has 0 atom stereocenters. The van der Waals surface area contributed by atoms with Crippen LogP contribution in [0.25, 0.3) is 17.0 Å². The Morgan fingerprint density at radius 1 is 1.12 bits per heavy atom. The number of sulfone groups is 1. The van der Waals surface area contributed by atoms with Gasteiger partial charge in [-0.1, -0.05) is 25.1 Å². The van der Waals surface area contributed by atoms with Gasteiger partial charge in [-0.2, -0.15) is 0 Å². The van der Waals surface area contributed by atoms with Crippen LogP contribution in [0.4, 0.5) is 5.69 Å². The molecule has 25 heavy (non-hydrogen) atoms. The number of benzene rings is 2. The number of nitro groups is 1. The predicted octanol–water partition coefficient (Wildman–Crippen LogP) is 4.35. The fraction of sp³-hybridized carbons (Fsp3) is 0.111. The molecule has 128 valence electrons. The Morgan fingerprint density at radius 3 is 2.44 bits per heavy atom. The van der Waals surface area contributed by atoms with Crippen LogP contribution in [-0.2, 0) is 16.3 Å². The Hall–Kier alpha value is -2.93. The van der Waals surface area contributed by atoms with Gasteiger partial charge in [0.2, 0.25) is 0 Å². The van der Waals surface area contributed by atoms with Crippen LogP contribution in [-0.4, -0.2) is 13.3 Å². The van der Waals surface area contributed by atoms with Crippen molar-refractivity contribution in [3.8, 4) is 0 Å².